The summed E-state index contributed by atoms with van der Waals surface area (Å²) in [6.07, 6.45) is 3.48. The number of amides is 1. The third-order valence-electron chi connectivity index (χ3n) is 4.58. The number of nitrogens with two attached hydrogens (primary N) is 1. The molecule has 128 valence electrons. The Labute approximate surface area is 142 Å². The average molecular weight is 360 g/mol. The number of sulfonamides is 1. The standard InChI is InChI=1S/C15H21N3O3S.ClH/c16-9-11-2-1-3-14(11)18-22(20,21)12-5-4-10-6-7-17-15(19)13(10)8-12;/h4-5,8,11,14,18H,1-3,6-7,9,16H2,(H,17,19);1H. The summed E-state index contributed by atoms with van der Waals surface area (Å²) in [5.41, 5.74) is 7.05. The molecule has 0 saturated heterocycles. The molecule has 0 radical (unpaired) electrons. The lowest BCUT2D eigenvalue weighted by Gasteiger charge is -2.21. The van der Waals surface area contributed by atoms with E-state index in [4.69, 9.17) is 5.73 Å². The summed E-state index contributed by atoms with van der Waals surface area (Å²) in [6.45, 7) is 1.08. The molecule has 2 aliphatic rings. The Hall–Kier alpha value is -1.15. The maximum Gasteiger partial charge on any atom is 0.251 e. The summed E-state index contributed by atoms with van der Waals surface area (Å²) >= 11 is 0. The van der Waals surface area contributed by atoms with Crippen LogP contribution in [0.1, 0.15) is 35.2 Å². The predicted molar refractivity (Wildman–Crippen MR) is 90.2 cm³/mol. The minimum absolute atomic E-state index is 0. The van der Waals surface area contributed by atoms with Crippen LogP contribution in [0.4, 0.5) is 0 Å². The van der Waals surface area contributed by atoms with E-state index < -0.39 is 10.0 Å². The van der Waals surface area contributed by atoms with E-state index in [1.165, 1.54) is 6.07 Å². The van der Waals surface area contributed by atoms with Crippen molar-refractivity contribution in [3.8, 4) is 0 Å². The van der Waals surface area contributed by atoms with Crippen molar-refractivity contribution in [1.29, 1.82) is 0 Å². The van der Waals surface area contributed by atoms with Crippen LogP contribution in [0, 0.1) is 5.92 Å². The summed E-state index contributed by atoms with van der Waals surface area (Å²) in [5.74, 6) is -0.0188. The van der Waals surface area contributed by atoms with Crippen LogP contribution < -0.4 is 15.8 Å². The van der Waals surface area contributed by atoms with Crippen molar-refractivity contribution in [2.24, 2.45) is 11.7 Å². The van der Waals surface area contributed by atoms with Gasteiger partial charge in [0, 0.05) is 18.2 Å². The first kappa shape index (κ1) is 18.2. The van der Waals surface area contributed by atoms with E-state index in [1.54, 1.807) is 12.1 Å². The topological polar surface area (TPSA) is 101 Å². The number of hydrogen-bond donors (Lipinski definition) is 3. The van der Waals surface area contributed by atoms with Gasteiger partial charge in [-0.3, -0.25) is 4.79 Å². The van der Waals surface area contributed by atoms with E-state index in [2.05, 4.69) is 10.0 Å². The van der Waals surface area contributed by atoms with Gasteiger partial charge in [-0.2, -0.15) is 0 Å². The maximum atomic E-state index is 12.6. The van der Waals surface area contributed by atoms with Crippen molar-refractivity contribution < 1.29 is 13.2 Å². The van der Waals surface area contributed by atoms with Gasteiger partial charge in [0.05, 0.1) is 4.90 Å². The number of benzene rings is 1. The summed E-state index contributed by atoms with van der Waals surface area (Å²) in [7, 11) is -3.63. The largest absolute Gasteiger partial charge is 0.352 e. The fourth-order valence-corrected chi connectivity index (χ4v) is 4.66. The van der Waals surface area contributed by atoms with Crippen LogP contribution in [0.2, 0.25) is 0 Å². The van der Waals surface area contributed by atoms with Crippen molar-refractivity contribution >= 4 is 28.3 Å². The molecule has 23 heavy (non-hydrogen) atoms. The molecule has 6 nitrogen and oxygen atoms in total. The Morgan fingerprint density at radius 1 is 1.30 bits per heavy atom. The van der Waals surface area contributed by atoms with E-state index in [0.29, 0.717) is 18.7 Å². The molecule has 2 atom stereocenters. The molecule has 1 aromatic rings. The lowest BCUT2D eigenvalue weighted by atomic mass is 10.0. The van der Waals surface area contributed by atoms with Gasteiger partial charge in [0.15, 0.2) is 0 Å². The van der Waals surface area contributed by atoms with E-state index in [0.717, 1.165) is 31.2 Å². The van der Waals surface area contributed by atoms with Crippen LogP contribution >= 0.6 is 12.4 Å². The summed E-state index contributed by atoms with van der Waals surface area (Å²) in [4.78, 5) is 12.0. The Kier molecular flexibility index (Phi) is 5.67. The molecule has 1 aromatic carbocycles. The number of hydrogen-bond acceptors (Lipinski definition) is 4. The second kappa shape index (κ2) is 7.17. The molecule has 8 heteroatoms. The minimum atomic E-state index is -3.63. The SMILES string of the molecule is Cl.NCC1CCCC1NS(=O)(=O)c1ccc2c(c1)C(=O)NCC2. The highest BCUT2D eigenvalue weighted by Gasteiger charge is 2.31. The molecule has 4 N–H and O–H groups in total. The van der Waals surface area contributed by atoms with E-state index in [1.807, 2.05) is 0 Å². The first-order valence-electron chi connectivity index (χ1n) is 7.65. The zero-order valence-corrected chi connectivity index (χ0v) is 14.4. The number of carbonyl (C=O) groups is 1. The molecule has 0 bridgehead atoms. The van der Waals surface area contributed by atoms with Crippen LogP contribution in [-0.4, -0.2) is 33.5 Å². The molecular formula is C15H22ClN3O3S. The quantitative estimate of drug-likeness (QED) is 0.740. The molecular weight excluding hydrogens is 338 g/mol. The number of carbonyl (C=O) groups excluding carboxylic acids is 1. The lowest BCUT2D eigenvalue weighted by Crippen LogP contribution is -2.40. The van der Waals surface area contributed by atoms with Crippen LogP contribution in [0.5, 0.6) is 0 Å². The highest BCUT2D eigenvalue weighted by Crippen LogP contribution is 2.27. The summed E-state index contributed by atoms with van der Waals surface area (Å²) < 4.78 is 27.9. The lowest BCUT2D eigenvalue weighted by molar-refractivity contribution is 0.0945. The summed E-state index contributed by atoms with van der Waals surface area (Å²) in [5, 5.41) is 2.74. The van der Waals surface area contributed by atoms with Crippen molar-refractivity contribution in [2.45, 2.75) is 36.6 Å². The van der Waals surface area contributed by atoms with Gasteiger partial charge in [-0.1, -0.05) is 12.5 Å². The van der Waals surface area contributed by atoms with Gasteiger partial charge < -0.3 is 11.1 Å². The normalized spacial score (nSPS) is 23.8. The molecule has 2 unspecified atom stereocenters. The molecule has 1 aliphatic heterocycles. The van der Waals surface area contributed by atoms with E-state index in [-0.39, 0.29) is 35.2 Å². The first-order valence-corrected chi connectivity index (χ1v) is 9.13. The third kappa shape index (κ3) is 3.68. The monoisotopic (exact) mass is 359 g/mol. The molecule has 1 saturated carbocycles. The average Bonchev–Trinajstić information content (AvgIpc) is 2.94. The predicted octanol–water partition coefficient (Wildman–Crippen LogP) is 0.800. The Bertz CT molecular complexity index is 693. The Morgan fingerprint density at radius 3 is 2.83 bits per heavy atom. The van der Waals surface area contributed by atoms with Gasteiger partial charge in [0.2, 0.25) is 10.0 Å². The zero-order valence-electron chi connectivity index (χ0n) is 12.7. The zero-order chi connectivity index (χ0) is 15.7. The molecule has 1 fully saturated rings. The number of fused-ring (bicyclic) bond motifs is 1. The van der Waals surface area contributed by atoms with Gasteiger partial charge in [0.25, 0.3) is 5.91 Å². The third-order valence-corrected chi connectivity index (χ3v) is 6.07. The highest BCUT2D eigenvalue weighted by atomic mass is 35.5. The Balaban J connectivity index is 0.00000192. The number of rotatable bonds is 4. The molecule has 0 aromatic heterocycles. The van der Waals surface area contributed by atoms with Gasteiger partial charge in [-0.15, -0.1) is 12.4 Å². The minimum Gasteiger partial charge on any atom is -0.352 e. The molecule has 1 aliphatic carbocycles. The maximum absolute atomic E-state index is 12.6. The van der Waals surface area contributed by atoms with Crippen LogP contribution in [0.3, 0.4) is 0 Å². The number of halogens is 1. The first-order chi connectivity index (χ1) is 10.5. The summed E-state index contributed by atoms with van der Waals surface area (Å²) in [6, 6.07) is 4.67. The molecule has 0 spiro atoms. The number of nitrogens with one attached hydrogen (secondary N) is 2. The second-order valence-electron chi connectivity index (χ2n) is 5.98. The smallest absolute Gasteiger partial charge is 0.251 e. The van der Waals surface area contributed by atoms with Crippen LogP contribution in [0.15, 0.2) is 23.1 Å². The van der Waals surface area contributed by atoms with Gasteiger partial charge in [-0.05, 0) is 49.4 Å². The highest BCUT2D eigenvalue weighted by molar-refractivity contribution is 7.89. The van der Waals surface area contributed by atoms with E-state index in [9.17, 15) is 13.2 Å². The van der Waals surface area contributed by atoms with Crippen molar-refractivity contribution in [1.82, 2.24) is 10.0 Å². The van der Waals surface area contributed by atoms with Crippen molar-refractivity contribution in [3.63, 3.8) is 0 Å². The van der Waals surface area contributed by atoms with Gasteiger partial charge >= 0.3 is 0 Å². The molecule has 1 heterocycles. The second-order valence-corrected chi connectivity index (χ2v) is 7.69. The fourth-order valence-electron chi connectivity index (χ4n) is 3.30. The van der Waals surface area contributed by atoms with Crippen molar-refractivity contribution in [2.75, 3.05) is 13.1 Å². The van der Waals surface area contributed by atoms with Gasteiger partial charge in [0.1, 0.15) is 0 Å². The van der Waals surface area contributed by atoms with Crippen LogP contribution in [0.25, 0.3) is 0 Å². The fraction of sp³-hybridized carbons (Fsp3) is 0.533. The van der Waals surface area contributed by atoms with Crippen molar-refractivity contribution in [3.05, 3.63) is 29.3 Å². The van der Waals surface area contributed by atoms with E-state index >= 15 is 0 Å². The van der Waals surface area contributed by atoms with Gasteiger partial charge in [-0.25, -0.2) is 13.1 Å². The molecule has 1 amide bonds. The molecule has 3 rings (SSSR count). The van der Waals surface area contributed by atoms with Crippen LogP contribution in [-0.2, 0) is 16.4 Å². The Morgan fingerprint density at radius 2 is 2.09 bits per heavy atom.